The molecule has 2 aromatic rings. The average molecular weight is 566 g/mol. The first kappa shape index (κ1) is 33.9. The zero-order valence-electron chi connectivity index (χ0n) is 26.9. The van der Waals surface area contributed by atoms with Crippen LogP contribution in [0.5, 0.6) is 0 Å². The van der Waals surface area contributed by atoms with Crippen molar-refractivity contribution in [3.8, 4) is 0 Å². The van der Waals surface area contributed by atoms with Gasteiger partial charge in [0.2, 0.25) is 5.91 Å². The first-order valence-electron chi connectivity index (χ1n) is 14.8. The molecule has 0 bridgehead atoms. The van der Waals surface area contributed by atoms with E-state index in [2.05, 4.69) is 24.5 Å². The van der Waals surface area contributed by atoms with E-state index in [9.17, 15) is 14.4 Å². The number of ether oxygens (including phenoxy) is 1. The summed E-state index contributed by atoms with van der Waals surface area (Å²) < 4.78 is 5.50. The summed E-state index contributed by atoms with van der Waals surface area (Å²) in [5.41, 5.74) is 3.77. The Balaban J connectivity index is 2.66. The smallest absolute Gasteiger partial charge is 0.408 e. The van der Waals surface area contributed by atoms with Crippen LogP contribution >= 0.6 is 0 Å². The Bertz CT molecular complexity index is 1200. The molecule has 226 valence electrons. The predicted molar refractivity (Wildman–Crippen MR) is 167 cm³/mol. The number of benzene rings is 2. The molecule has 0 aliphatic heterocycles. The van der Waals surface area contributed by atoms with Gasteiger partial charge in [-0.25, -0.2) is 4.79 Å². The SMILES string of the molecule is Cc1ccc(C(C(=O)Nc2ccccc2C)N(C(=O)C(NC(=O)OC(C)(C)C)C(C)C)C(C)CCC(C)C)cc1C. The van der Waals surface area contributed by atoms with Gasteiger partial charge in [0.15, 0.2) is 0 Å². The van der Waals surface area contributed by atoms with E-state index in [-0.39, 0.29) is 23.8 Å². The number of carbonyl (C=O) groups is 3. The number of hydrogen-bond acceptors (Lipinski definition) is 4. The number of anilines is 1. The van der Waals surface area contributed by atoms with Crippen LogP contribution in [0.1, 0.15) is 96.5 Å². The number of nitrogens with zero attached hydrogens (tertiary/aromatic N) is 1. The van der Waals surface area contributed by atoms with Crippen molar-refractivity contribution in [2.75, 3.05) is 5.32 Å². The molecule has 3 amide bonds. The van der Waals surface area contributed by atoms with Gasteiger partial charge in [-0.15, -0.1) is 0 Å². The number of carbonyl (C=O) groups excluding carboxylic acids is 3. The molecule has 0 spiro atoms. The molecule has 0 fully saturated rings. The molecule has 3 atom stereocenters. The van der Waals surface area contributed by atoms with Crippen molar-refractivity contribution in [3.05, 3.63) is 64.7 Å². The van der Waals surface area contributed by atoms with Crippen molar-refractivity contribution in [2.24, 2.45) is 11.8 Å². The summed E-state index contributed by atoms with van der Waals surface area (Å²) in [4.78, 5) is 43.3. The first-order valence-corrected chi connectivity index (χ1v) is 14.8. The molecule has 3 unspecified atom stereocenters. The van der Waals surface area contributed by atoms with Gasteiger partial charge in [0.1, 0.15) is 17.7 Å². The number of alkyl carbamates (subject to hydrolysis) is 1. The van der Waals surface area contributed by atoms with Crippen LogP contribution in [-0.4, -0.2) is 40.5 Å². The molecule has 2 N–H and O–H groups in total. The maximum absolute atomic E-state index is 14.5. The fraction of sp³-hybridized carbons (Fsp3) is 0.559. The molecular formula is C34H51N3O4. The van der Waals surface area contributed by atoms with Crippen LogP contribution in [0, 0.1) is 32.6 Å². The van der Waals surface area contributed by atoms with E-state index in [1.165, 1.54) is 0 Å². The van der Waals surface area contributed by atoms with Crippen molar-refractivity contribution in [2.45, 2.75) is 113 Å². The van der Waals surface area contributed by atoms with E-state index >= 15 is 0 Å². The van der Waals surface area contributed by atoms with Crippen LogP contribution in [0.3, 0.4) is 0 Å². The molecule has 41 heavy (non-hydrogen) atoms. The normalized spacial score (nSPS) is 13.9. The number of rotatable bonds is 11. The van der Waals surface area contributed by atoms with E-state index in [0.717, 1.165) is 28.7 Å². The Morgan fingerprint density at radius 1 is 0.854 bits per heavy atom. The molecule has 0 saturated carbocycles. The maximum atomic E-state index is 14.5. The molecule has 7 heteroatoms. The second kappa shape index (κ2) is 14.5. The van der Waals surface area contributed by atoms with Crippen LogP contribution in [0.15, 0.2) is 42.5 Å². The minimum absolute atomic E-state index is 0.241. The van der Waals surface area contributed by atoms with E-state index in [0.29, 0.717) is 18.0 Å². The van der Waals surface area contributed by atoms with Crippen molar-refractivity contribution >= 4 is 23.6 Å². The molecule has 0 radical (unpaired) electrons. The highest BCUT2D eigenvalue weighted by molar-refractivity contribution is 5.99. The summed E-state index contributed by atoms with van der Waals surface area (Å²) >= 11 is 0. The van der Waals surface area contributed by atoms with Gasteiger partial charge in [-0.05, 0) is 101 Å². The van der Waals surface area contributed by atoms with Crippen molar-refractivity contribution in [1.29, 1.82) is 0 Å². The van der Waals surface area contributed by atoms with Crippen LogP contribution < -0.4 is 10.6 Å². The Kier molecular flexibility index (Phi) is 12.0. The molecule has 0 aliphatic rings. The van der Waals surface area contributed by atoms with Gasteiger partial charge in [0.05, 0.1) is 0 Å². The lowest BCUT2D eigenvalue weighted by Crippen LogP contribution is -2.56. The van der Waals surface area contributed by atoms with Crippen LogP contribution in [0.25, 0.3) is 0 Å². The summed E-state index contributed by atoms with van der Waals surface area (Å²) in [6.07, 6.45) is 0.932. The minimum atomic E-state index is -0.912. The molecule has 0 heterocycles. The average Bonchev–Trinajstić information content (AvgIpc) is 2.85. The first-order chi connectivity index (χ1) is 19.0. The number of aryl methyl sites for hydroxylation is 3. The summed E-state index contributed by atoms with van der Waals surface area (Å²) in [5, 5.41) is 5.91. The molecule has 7 nitrogen and oxygen atoms in total. The predicted octanol–water partition coefficient (Wildman–Crippen LogP) is 7.49. The lowest BCUT2D eigenvalue weighted by molar-refractivity contribution is -0.144. The zero-order valence-corrected chi connectivity index (χ0v) is 26.9. The fourth-order valence-electron chi connectivity index (χ4n) is 4.71. The van der Waals surface area contributed by atoms with Gasteiger partial charge in [-0.3, -0.25) is 9.59 Å². The van der Waals surface area contributed by atoms with Crippen molar-refractivity contribution in [3.63, 3.8) is 0 Å². The Labute approximate surface area is 247 Å². The topological polar surface area (TPSA) is 87.7 Å². The summed E-state index contributed by atoms with van der Waals surface area (Å²) in [7, 11) is 0. The molecule has 0 aliphatic carbocycles. The number of nitrogens with one attached hydrogen (secondary N) is 2. The fourth-order valence-corrected chi connectivity index (χ4v) is 4.71. The van der Waals surface area contributed by atoms with Crippen LogP contribution in [-0.2, 0) is 14.3 Å². The second-order valence-electron chi connectivity index (χ2n) is 13.0. The largest absolute Gasteiger partial charge is 0.444 e. The van der Waals surface area contributed by atoms with Crippen LogP contribution in [0.2, 0.25) is 0 Å². The number of hydrogen-bond donors (Lipinski definition) is 2. The van der Waals surface area contributed by atoms with Gasteiger partial charge in [0, 0.05) is 11.7 Å². The molecule has 0 saturated heterocycles. The van der Waals surface area contributed by atoms with Crippen LogP contribution in [0.4, 0.5) is 10.5 Å². The molecule has 2 rings (SSSR count). The number of para-hydroxylation sites is 1. The van der Waals surface area contributed by atoms with Crippen molar-refractivity contribution < 1.29 is 19.1 Å². The highest BCUT2D eigenvalue weighted by atomic mass is 16.6. The highest BCUT2D eigenvalue weighted by Crippen LogP contribution is 2.31. The quantitative estimate of drug-likeness (QED) is 0.295. The zero-order chi connectivity index (χ0) is 31.1. The Hall–Kier alpha value is -3.35. The van der Waals surface area contributed by atoms with E-state index in [4.69, 9.17) is 4.74 Å². The lowest BCUT2D eigenvalue weighted by atomic mass is 9.93. The van der Waals surface area contributed by atoms with Crippen molar-refractivity contribution in [1.82, 2.24) is 10.2 Å². The Morgan fingerprint density at radius 2 is 1.49 bits per heavy atom. The lowest BCUT2D eigenvalue weighted by Gasteiger charge is -2.39. The minimum Gasteiger partial charge on any atom is -0.444 e. The third kappa shape index (κ3) is 9.91. The molecule has 0 aromatic heterocycles. The Morgan fingerprint density at radius 3 is 2.02 bits per heavy atom. The summed E-state index contributed by atoms with van der Waals surface area (Å²) in [6, 6.07) is 11.4. The van der Waals surface area contributed by atoms with Gasteiger partial charge in [-0.2, -0.15) is 0 Å². The highest BCUT2D eigenvalue weighted by Gasteiger charge is 2.40. The van der Waals surface area contributed by atoms with Gasteiger partial charge >= 0.3 is 6.09 Å². The standard InChI is InChI=1S/C34H51N3O4/c1-21(2)16-18-26(8)37(32(39)29(22(3)4)36-33(40)41-34(9,10)11)30(27-19-17-23(5)25(7)20-27)31(38)35-28-15-13-12-14-24(28)6/h12-15,17,19-22,26,29-30H,16,18H2,1-11H3,(H,35,38)(H,36,40). The molecular weight excluding hydrogens is 514 g/mol. The van der Waals surface area contributed by atoms with Gasteiger partial charge in [0.25, 0.3) is 5.91 Å². The van der Waals surface area contributed by atoms with Gasteiger partial charge in [-0.1, -0.05) is 64.1 Å². The van der Waals surface area contributed by atoms with Gasteiger partial charge < -0.3 is 20.3 Å². The third-order valence-corrected chi connectivity index (χ3v) is 7.27. The number of amides is 3. The monoisotopic (exact) mass is 565 g/mol. The second-order valence-corrected chi connectivity index (χ2v) is 13.0. The molecule has 2 aromatic carbocycles. The summed E-state index contributed by atoms with van der Waals surface area (Å²) in [6.45, 7) is 21.4. The summed E-state index contributed by atoms with van der Waals surface area (Å²) in [5.74, 6) is -0.428. The van der Waals surface area contributed by atoms with E-state index in [1.54, 1.807) is 25.7 Å². The van der Waals surface area contributed by atoms with E-state index < -0.39 is 23.8 Å². The maximum Gasteiger partial charge on any atom is 0.408 e. The third-order valence-electron chi connectivity index (χ3n) is 7.27. The van der Waals surface area contributed by atoms with E-state index in [1.807, 2.05) is 84.0 Å².